The molecule has 1 aromatic carbocycles. The summed E-state index contributed by atoms with van der Waals surface area (Å²) < 4.78 is 10.9. The molecule has 1 unspecified atom stereocenters. The average molecular weight is 310 g/mol. The topological polar surface area (TPSA) is 59.6 Å². The summed E-state index contributed by atoms with van der Waals surface area (Å²) in [6.07, 6.45) is 2.09. The van der Waals surface area contributed by atoms with Crippen LogP contribution in [0.15, 0.2) is 18.2 Å². The van der Waals surface area contributed by atoms with Crippen LogP contribution in [0.2, 0.25) is 0 Å². The Hall–Kier alpha value is -1.40. The van der Waals surface area contributed by atoms with E-state index in [2.05, 4.69) is 23.8 Å². The number of carbonyl (C=O) groups is 1. The number of fused-ring (bicyclic) bond motifs is 1. The number of anilines is 1. The molecule has 0 saturated carbocycles. The molecular weight excluding hydrogens is 288 g/mol. The van der Waals surface area contributed by atoms with E-state index in [1.165, 1.54) is 0 Å². The van der Waals surface area contributed by atoms with Crippen molar-refractivity contribution >= 4 is 23.4 Å². The second-order valence-electron chi connectivity index (χ2n) is 5.10. The first-order valence-electron chi connectivity index (χ1n) is 7.08. The highest BCUT2D eigenvalue weighted by Crippen LogP contribution is 2.32. The monoisotopic (exact) mass is 310 g/mol. The Morgan fingerprint density at radius 2 is 2.10 bits per heavy atom. The fraction of sp³-hybridized carbons (Fsp3) is 0.533. The summed E-state index contributed by atoms with van der Waals surface area (Å²) in [5.74, 6) is 3.01. The van der Waals surface area contributed by atoms with Gasteiger partial charge in [-0.3, -0.25) is 4.79 Å². The average Bonchev–Trinajstić information content (AvgIpc) is 2.47. The molecule has 0 fully saturated rings. The highest BCUT2D eigenvalue weighted by Gasteiger charge is 2.12. The third-order valence-electron chi connectivity index (χ3n) is 3.06. The molecule has 1 aromatic rings. The maximum Gasteiger partial charge on any atom is 0.238 e. The zero-order chi connectivity index (χ0) is 15.1. The highest BCUT2D eigenvalue weighted by molar-refractivity contribution is 7.98. The van der Waals surface area contributed by atoms with Gasteiger partial charge < -0.3 is 20.1 Å². The van der Waals surface area contributed by atoms with Gasteiger partial charge in [0.1, 0.15) is 13.2 Å². The molecule has 6 heteroatoms. The summed E-state index contributed by atoms with van der Waals surface area (Å²) in [7, 11) is 0. The molecule has 21 heavy (non-hydrogen) atoms. The van der Waals surface area contributed by atoms with Gasteiger partial charge in [-0.1, -0.05) is 6.92 Å². The van der Waals surface area contributed by atoms with Gasteiger partial charge in [0.25, 0.3) is 0 Å². The Kier molecular flexibility index (Phi) is 6.20. The Morgan fingerprint density at radius 3 is 2.86 bits per heavy atom. The van der Waals surface area contributed by atoms with Crippen molar-refractivity contribution < 1.29 is 14.3 Å². The molecule has 0 radical (unpaired) electrons. The van der Waals surface area contributed by atoms with Gasteiger partial charge in [-0.15, -0.1) is 0 Å². The van der Waals surface area contributed by atoms with Crippen LogP contribution >= 0.6 is 11.8 Å². The molecule has 0 aromatic heterocycles. The quantitative estimate of drug-likeness (QED) is 0.806. The van der Waals surface area contributed by atoms with Gasteiger partial charge in [0.05, 0.1) is 6.54 Å². The van der Waals surface area contributed by atoms with E-state index in [-0.39, 0.29) is 5.91 Å². The predicted octanol–water partition coefficient (Wildman–Crippen LogP) is 1.98. The third-order valence-corrected chi connectivity index (χ3v) is 3.96. The lowest BCUT2D eigenvalue weighted by molar-refractivity contribution is -0.115. The van der Waals surface area contributed by atoms with E-state index in [1.54, 1.807) is 6.07 Å². The van der Waals surface area contributed by atoms with Crippen LogP contribution in [-0.2, 0) is 4.79 Å². The van der Waals surface area contributed by atoms with Crippen LogP contribution in [0.4, 0.5) is 5.69 Å². The van der Waals surface area contributed by atoms with Crippen LogP contribution in [0.5, 0.6) is 11.5 Å². The van der Waals surface area contributed by atoms with E-state index in [1.807, 2.05) is 23.9 Å². The Balaban J connectivity index is 1.77. The fourth-order valence-electron chi connectivity index (χ4n) is 2.10. The van der Waals surface area contributed by atoms with E-state index >= 15 is 0 Å². The summed E-state index contributed by atoms with van der Waals surface area (Å²) in [5, 5.41) is 6.03. The van der Waals surface area contributed by atoms with Gasteiger partial charge in [-0.05, 0) is 36.6 Å². The number of benzene rings is 1. The van der Waals surface area contributed by atoms with Crippen molar-refractivity contribution in [2.45, 2.75) is 6.92 Å². The van der Waals surface area contributed by atoms with Gasteiger partial charge in [-0.25, -0.2) is 0 Å². The minimum atomic E-state index is -0.0528. The van der Waals surface area contributed by atoms with Crippen LogP contribution in [0.25, 0.3) is 0 Å². The lowest BCUT2D eigenvalue weighted by Gasteiger charge is -2.19. The standard InChI is InChI=1S/C15H22N2O3S/c1-11(10-21-2)8-16-9-15(18)17-12-3-4-13-14(7-12)20-6-5-19-13/h3-4,7,11,16H,5-6,8-10H2,1-2H3,(H,17,18). The fourth-order valence-corrected chi connectivity index (χ4v) is 2.79. The van der Waals surface area contributed by atoms with E-state index in [0.29, 0.717) is 31.4 Å². The number of rotatable bonds is 7. The van der Waals surface area contributed by atoms with Crippen LogP contribution < -0.4 is 20.1 Å². The maximum atomic E-state index is 11.9. The third kappa shape index (κ3) is 5.13. The number of nitrogens with one attached hydrogen (secondary N) is 2. The smallest absolute Gasteiger partial charge is 0.238 e. The van der Waals surface area contributed by atoms with Gasteiger partial charge in [0.2, 0.25) is 5.91 Å². The molecule has 1 aliphatic heterocycles. The molecule has 0 saturated heterocycles. The van der Waals surface area contributed by atoms with Crippen molar-refractivity contribution in [3.8, 4) is 11.5 Å². The summed E-state index contributed by atoms with van der Waals surface area (Å²) in [5.41, 5.74) is 0.725. The second kappa shape index (κ2) is 8.14. The zero-order valence-electron chi connectivity index (χ0n) is 12.5. The van der Waals surface area contributed by atoms with Crippen molar-refractivity contribution in [2.75, 3.05) is 43.6 Å². The van der Waals surface area contributed by atoms with Crippen molar-refractivity contribution in [2.24, 2.45) is 5.92 Å². The molecule has 1 heterocycles. The first-order chi connectivity index (χ1) is 10.2. The second-order valence-corrected chi connectivity index (χ2v) is 6.01. The molecule has 2 rings (SSSR count). The van der Waals surface area contributed by atoms with E-state index in [9.17, 15) is 4.79 Å². The largest absolute Gasteiger partial charge is 0.486 e. The molecular formula is C15H22N2O3S. The van der Waals surface area contributed by atoms with E-state index < -0.39 is 0 Å². The Morgan fingerprint density at radius 1 is 1.33 bits per heavy atom. The molecule has 116 valence electrons. The van der Waals surface area contributed by atoms with Gasteiger partial charge in [0.15, 0.2) is 11.5 Å². The highest BCUT2D eigenvalue weighted by atomic mass is 32.2. The summed E-state index contributed by atoms with van der Waals surface area (Å²) in [4.78, 5) is 11.9. The molecule has 1 atom stereocenters. The summed E-state index contributed by atoms with van der Waals surface area (Å²) in [6, 6.07) is 5.43. The van der Waals surface area contributed by atoms with Gasteiger partial charge in [0, 0.05) is 11.8 Å². The normalized spacial score (nSPS) is 14.6. The molecule has 0 spiro atoms. The Bertz CT molecular complexity index is 482. The van der Waals surface area contributed by atoms with Gasteiger partial charge >= 0.3 is 0 Å². The van der Waals surface area contributed by atoms with Crippen LogP contribution in [0.3, 0.4) is 0 Å². The Labute approximate surface area is 129 Å². The predicted molar refractivity (Wildman–Crippen MR) is 86.5 cm³/mol. The van der Waals surface area contributed by atoms with Gasteiger partial charge in [-0.2, -0.15) is 11.8 Å². The van der Waals surface area contributed by atoms with Crippen molar-refractivity contribution in [3.05, 3.63) is 18.2 Å². The molecule has 5 nitrogen and oxygen atoms in total. The van der Waals surface area contributed by atoms with Crippen molar-refractivity contribution in [1.29, 1.82) is 0 Å². The summed E-state index contributed by atoms with van der Waals surface area (Å²) >= 11 is 1.82. The molecule has 1 aliphatic rings. The lowest BCUT2D eigenvalue weighted by Crippen LogP contribution is -2.31. The first kappa shape index (κ1) is 16.0. The molecule has 0 aliphatic carbocycles. The number of hydrogen-bond acceptors (Lipinski definition) is 5. The number of ether oxygens (including phenoxy) is 2. The van der Waals surface area contributed by atoms with Crippen LogP contribution in [0, 0.1) is 5.92 Å². The van der Waals surface area contributed by atoms with E-state index in [4.69, 9.17) is 9.47 Å². The zero-order valence-corrected chi connectivity index (χ0v) is 13.3. The number of amides is 1. The minimum absolute atomic E-state index is 0.0528. The molecule has 1 amide bonds. The first-order valence-corrected chi connectivity index (χ1v) is 8.47. The summed E-state index contributed by atoms with van der Waals surface area (Å²) in [6.45, 7) is 4.43. The lowest BCUT2D eigenvalue weighted by atomic mass is 10.2. The number of hydrogen-bond donors (Lipinski definition) is 2. The maximum absolute atomic E-state index is 11.9. The molecule has 2 N–H and O–H groups in total. The van der Waals surface area contributed by atoms with Crippen molar-refractivity contribution in [1.82, 2.24) is 5.32 Å². The SMILES string of the molecule is CSCC(C)CNCC(=O)Nc1ccc2c(c1)OCCO2. The number of carbonyl (C=O) groups excluding carboxylic acids is 1. The van der Waals surface area contributed by atoms with Crippen molar-refractivity contribution in [3.63, 3.8) is 0 Å². The molecule has 0 bridgehead atoms. The van der Waals surface area contributed by atoms with Crippen LogP contribution in [-0.4, -0.2) is 44.2 Å². The number of thioether (sulfide) groups is 1. The van der Waals surface area contributed by atoms with Crippen LogP contribution in [0.1, 0.15) is 6.92 Å². The minimum Gasteiger partial charge on any atom is -0.486 e. The van der Waals surface area contributed by atoms with E-state index in [0.717, 1.165) is 23.7 Å².